The van der Waals surface area contributed by atoms with Crippen LogP contribution in [0.3, 0.4) is 0 Å². The lowest BCUT2D eigenvalue weighted by Crippen LogP contribution is -2.61. The van der Waals surface area contributed by atoms with Gasteiger partial charge in [-0.2, -0.15) is 0 Å². The third-order valence-corrected chi connectivity index (χ3v) is 7.84. The quantitative estimate of drug-likeness (QED) is 0.167. The van der Waals surface area contributed by atoms with Crippen molar-refractivity contribution in [3.8, 4) is 28.7 Å². The van der Waals surface area contributed by atoms with Gasteiger partial charge in [0.25, 0.3) is 11.9 Å². The molecule has 242 valence electrons. The Balaban J connectivity index is 1.41. The van der Waals surface area contributed by atoms with Crippen molar-refractivity contribution in [2.75, 3.05) is 20.8 Å². The van der Waals surface area contributed by atoms with E-state index in [4.69, 9.17) is 33.2 Å². The van der Waals surface area contributed by atoms with Crippen LogP contribution in [-0.4, -0.2) is 128 Å². The minimum atomic E-state index is -1.76. The lowest BCUT2D eigenvalue weighted by molar-refractivity contribution is -0.325. The van der Waals surface area contributed by atoms with Gasteiger partial charge in [-0.3, -0.25) is 0 Å². The number of hydrogen-bond acceptors (Lipinski definition) is 14. The van der Waals surface area contributed by atoms with Crippen molar-refractivity contribution in [3.05, 3.63) is 47.2 Å². The monoisotopic (exact) mass is 625 g/mol. The molecule has 0 bridgehead atoms. The molecule has 3 aliphatic rings. The number of ether oxygens (including phenoxy) is 7. The number of phenolic OH excluding ortho intramolecular Hbond substituents is 2. The van der Waals surface area contributed by atoms with Gasteiger partial charge in [0, 0.05) is 12.1 Å². The molecule has 11 unspecified atom stereocenters. The van der Waals surface area contributed by atoms with Crippen molar-refractivity contribution in [2.45, 2.75) is 74.4 Å². The second kappa shape index (κ2) is 12.9. The molecule has 3 heterocycles. The highest BCUT2D eigenvalue weighted by Gasteiger charge is 2.48. The van der Waals surface area contributed by atoms with Crippen LogP contribution in [0.15, 0.2) is 36.1 Å². The minimum absolute atomic E-state index is 0.0648. The molecule has 15 heteroatoms. The molecule has 0 spiro atoms. The molecule has 2 aromatic rings. The van der Waals surface area contributed by atoms with E-state index in [1.165, 1.54) is 45.4 Å². The van der Waals surface area contributed by atoms with Crippen LogP contribution < -0.4 is 9.47 Å². The second-order valence-corrected chi connectivity index (χ2v) is 10.7. The van der Waals surface area contributed by atoms with E-state index < -0.39 is 74.1 Å². The third-order valence-electron chi connectivity index (χ3n) is 7.84. The summed E-state index contributed by atoms with van der Waals surface area (Å²) in [5, 5.41) is 83.1. The lowest BCUT2D eigenvalue weighted by atomic mass is 9.98. The van der Waals surface area contributed by atoms with Gasteiger partial charge in [0.15, 0.2) is 23.5 Å². The van der Waals surface area contributed by atoms with Gasteiger partial charge < -0.3 is 74.0 Å². The zero-order valence-electron chi connectivity index (χ0n) is 24.0. The Morgan fingerprint density at radius 2 is 1.48 bits per heavy atom. The second-order valence-electron chi connectivity index (χ2n) is 10.7. The molecule has 0 amide bonds. The van der Waals surface area contributed by atoms with E-state index in [9.17, 15) is 40.9 Å². The number of aromatic hydroxyl groups is 3. The van der Waals surface area contributed by atoms with Gasteiger partial charge in [0.1, 0.15) is 59.8 Å². The van der Waals surface area contributed by atoms with Crippen molar-refractivity contribution in [1.29, 1.82) is 0 Å². The molecule has 0 aliphatic carbocycles. The van der Waals surface area contributed by atoms with E-state index in [1.807, 2.05) is 0 Å². The maximum absolute atomic E-state index is 10.8. The fraction of sp³-hybridized carbons (Fsp3) is 0.517. The van der Waals surface area contributed by atoms with Gasteiger partial charge in [0.2, 0.25) is 6.29 Å². The average molecular weight is 626 g/mol. The summed E-state index contributed by atoms with van der Waals surface area (Å²) in [7, 11) is 2.82. The average Bonchev–Trinajstić information content (AvgIpc) is 3.01. The number of aliphatic hydroxyl groups is 7. The molecule has 0 saturated carbocycles. The number of methoxy groups -OCH3 is 2. The number of hydrogen-bond donors (Lipinski definition) is 8. The highest BCUT2D eigenvalue weighted by atomic mass is 16.7. The number of fused-ring (bicyclic) bond motifs is 1. The summed E-state index contributed by atoms with van der Waals surface area (Å²) in [5.74, 6) is 0.623. The van der Waals surface area contributed by atoms with Crippen molar-refractivity contribution in [1.82, 2.24) is 0 Å². The predicted molar refractivity (Wildman–Crippen MR) is 148 cm³/mol. The SMILES string of the molecule is COc1cc(O)c2c(c1)[OH+]C(c1ccc(O)c(OC)c1)C(OC1OC(COC3OC(C)C(O)C(O)C3O)C(O)C(O)C1O)=C2. The van der Waals surface area contributed by atoms with Crippen LogP contribution in [0.25, 0.3) is 6.08 Å². The summed E-state index contributed by atoms with van der Waals surface area (Å²) in [6.07, 6.45) is -14.3. The first kappa shape index (κ1) is 32.0. The molecule has 11 atom stereocenters. The fourth-order valence-corrected chi connectivity index (χ4v) is 5.22. The van der Waals surface area contributed by atoms with Crippen LogP contribution in [0.2, 0.25) is 0 Å². The van der Waals surface area contributed by atoms with Crippen molar-refractivity contribution in [2.24, 2.45) is 0 Å². The molecule has 0 aromatic heterocycles. The number of phenols is 2. The molecule has 44 heavy (non-hydrogen) atoms. The maximum Gasteiger partial charge on any atom is 0.270 e. The molecular formula is C29H37O15+. The predicted octanol–water partition coefficient (Wildman–Crippen LogP) is -0.880. The van der Waals surface area contributed by atoms with Crippen LogP contribution in [0, 0.1) is 0 Å². The summed E-state index contributed by atoms with van der Waals surface area (Å²) < 4.78 is 38.0. The molecule has 9 N–H and O–H groups in total. The number of benzene rings is 2. The van der Waals surface area contributed by atoms with Crippen LogP contribution in [-0.2, 0) is 18.9 Å². The van der Waals surface area contributed by atoms with Crippen molar-refractivity contribution >= 4 is 6.08 Å². The minimum Gasteiger partial charge on any atom is -0.571 e. The molecule has 2 aromatic carbocycles. The van der Waals surface area contributed by atoms with E-state index in [1.54, 1.807) is 12.1 Å². The van der Waals surface area contributed by atoms with Crippen molar-refractivity contribution in [3.63, 3.8) is 0 Å². The summed E-state index contributed by atoms with van der Waals surface area (Å²) in [5.41, 5.74) is 0.759. The van der Waals surface area contributed by atoms with E-state index >= 15 is 0 Å². The standard InChI is InChI=1S/C29H36O15/c1-11-21(32)23(34)25(36)28(41-11)40-10-20-22(33)24(35)26(37)29(44-20)43-19-9-14-16(31)7-13(38-2)8-17(14)42-27(19)12-4-5-15(30)18(6-12)39-3/h4-9,11,20-37H,10H2,1-3H3/p+1. The van der Waals surface area contributed by atoms with Crippen LogP contribution in [0.4, 0.5) is 0 Å². The Hall–Kier alpha value is -3.38. The first-order valence-electron chi connectivity index (χ1n) is 13.8. The third kappa shape index (κ3) is 6.10. The van der Waals surface area contributed by atoms with Crippen LogP contribution in [0.1, 0.15) is 24.2 Å². The molecule has 2 saturated heterocycles. The Kier molecular flexibility index (Phi) is 9.41. The fourth-order valence-electron chi connectivity index (χ4n) is 5.22. The molecule has 5 rings (SSSR count). The topological polar surface area (TPSA) is 230 Å². The Morgan fingerprint density at radius 1 is 0.773 bits per heavy atom. The highest BCUT2D eigenvalue weighted by molar-refractivity contribution is 5.69. The summed E-state index contributed by atoms with van der Waals surface area (Å²) in [6.45, 7) is 0.995. The lowest BCUT2D eigenvalue weighted by Gasteiger charge is -2.42. The smallest absolute Gasteiger partial charge is 0.270 e. The molecule has 15 nitrogen and oxygen atoms in total. The van der Waals surface area contributed by atoms with Gasteiger partial charge in [0.05, 0.1) is 38.6 Å². The number of aliphatic hydroxyl groups excluding tert-OH is 6. The Morgan fingerprint density at radius 3 is 2.18 bits per heavy atom. The zero-order valence-corrected chi connectivity index (χ0v) is 24.0. The van der Waals surface area contributed by atoms with E-state index in [0.29, 0.717) is 17.1 Å². The largest absolute Gasteiger partial charge is 0.571 e. The van der Waals surface area contributed by atoms with Gasteiger partial charge in [-0.05, 0) is 25.1 Å². The van der Waals surface area contributed by atoms with E-state index in [2.05, 4.69) is 0 Å². The molecular weight excluding hydrogens is 588 g/mol. The summed E-state index contributed by atoms with van der Waals surface area (Å²) in [6, 6.07) is 7.48. The Bertz CT molecular complexity index is 1350. The van der Waals surface area contributed by atoms with Crippen molar-refractivity contribution < 1.29 is 74.0 Å². The maximum atomic E-state index is 10.8. The number of rotatable bonds is 8. The summed E-state index contributed by atoms with van der Waals surface area (Å²) in [4.78, 5) is 0. The first-order chi connectivity index (χ1) is 20.9. The first-order valence-corrected chi connectivity index (χ1v) is 13.8. The van der Waals surface area contributed by atoms with Gasteiger partial charge in [-0.1, -0.05) is 0 Å². The summed E-state index contributed by atoms with van der Waals surface area (Å²) >= 11 is 0. The Labute approximate surface area is 251 Å². The van der Waals surface area contributed by atoms with Gasteiger partial charge >= 0.3 is 0 Å². The van der Waals surface area contributed by atoms with Crippen LogP contribution in [0.5, 0.6) is 28.7 Å². The normalized spacial score (nSPS) is 35.2. The van der Waals surface area contributed by atoms with Gasteiger partial charge in [-0.15, -0.1) is 0 Å². The van der Waals surface area contributed by atoms with E-state index in [-0.39, 0.29) is 28.6 Å². The van der Waals surface area contributed by atoms with Gasteiger partial charge in [-0.25, -0.2) is 0 Å². The highest BCUT2D eigenvalue weighted by Crippen LogP contribution is 2.46. The molecule has 0 radical (unpaired) electrons. The van der Waals surface area contributed by atoms with E-state index in [0.717, 1.165) is 0 Å². The zero-order chi connectivity index (χ0) is 31.9. The van der Waals surface area contributed by atoms with Crippen LogP contribution >= 0.6 is 0 Å². The molecule has 2 fully saturated rings. The molecule has 3 aliphatic heterocycles.